The third-order valence-corrected chi connectivity index (χ3v) is 4.82. The van der Waals surface area contributed by atoms with Gasteiger partial charge in [0.05, 0.1) is 17.5 Å². The standard InChI is InChI=1S/C11H16N2O3S/c14-9-10-8-12-6-7-13(10)17(15,16)11-4-2-1-3-5-11/h1-5,10,12,14H,6-9H2. The van der Waals surface area contributed by atoms with E-state index in [1.807, 2.05) is 0 Å². The van der Waals surface area contributed by atoms with Crippen LogP contribution in [0.5, 0.6) is 0 Å². The van der Waals surface area contributed by atoms with Gasteiger partial charge >= 0.3 is 0 Å². The topological polar surface area (TPSA) is 69.6 Å². The molecule has 2 rings (SSSR count). The van der Waals surface area contributed by atoms with E-state index < -0.39 is 10.0 Å². The van der Waals surface area contributed by atoms with Gasteiger partial charge in [-0.05, 0) is 12.1 Å². The Hall–Kier alpha value is -0.950. The number of hydrogen-bond donors (Lipinski definition) is 2. The number of rotatable bonds is 3. The fraction of sp³-hybridized carbons (Fsp3) is 0.455. The van der Waals surface area contributed by atoms with Gasteiger partial charge in [0.1, 0.15) is 0 Å². The molecule has 17 heavy (non-hydrogen) atoms. The van der Waals surface area contributed by atoms with Crippen molar-refractivity contribution in [2.24, 2.45) is 0 Å². The molecule has 1 aromatic rings. The number of benzene rings is 1. The molecule has 0 aliphatic carbocycles. The minimum Gasteiger partial charge on any atom is -0.395 e. The van der Waals surface area contributed by atoms with Crippen LogP contribution in [-0.4, -0.2) is 50.1 Å². The Morgan fingerprint density at radius 2 is 2.06 bits per heavy atom. The lowest BCUT2D eigenvalue weighted by Gasteiger charge is -2.33. The van der Waals surface area contributed by atoms with Crippen LogP contribution in [-0.2, 0) is 10.0 Å². The SMILES string of the molecule is O=S(=O)(c1ccccc1)N1CCNCC1CO. The summed E-state index contributed by atoms with van der Waals surface area (Å²) in [6.07, 6.45) is 0. The van der Waals surface area contributed by atoms with E-state index in [4.69, 9.17) is 0 Å². The molecule has 1 atom stereocenters. The van der Waals surface area contributed by atoms with Crippen molar-refractivity contribution in [3.05, 3.63) is 30.3 Å². The molecule has 0 radical (unpaired) electrons. The predicted molar refractivity (Wildman–Crippen MR) is 64.1 cm³/mol. The zero-order valence-corrected chi connectivity index (χ0v) is 10.2. The highest BCUT2D eigenvalue weighted by molar-refractivity contribution is 7.89. The summed E-state index contributed by atoms with van der Waals surface area (Å²) in [5.41, 5.74) is 0. The minimum atomic E-state index is -3.49. The highest BCUT2D eigenvalue weighted by atomic mass is 32.2. The summed E-state index contributed by atoms with van der Waals surface area (Å²) >= 11 is 0. The smallest absolute Gasteiger partial charge is 0.243 e. The summed E-state index contributed by atoms with van der Waals surface area (Å²) in [6, 6.07) is 7.94. The zero-order valence-electron chi connectivity index (χ0n) is 9.41. The maximum absolute atomic E-state index is 12.3. The Morgan fingerprint density at radius 3 is 2.71 bits per heavy atom. The van der Waals surface area contributed by atoms with E-state index in [0.717, 1.165) is 0 Å². The highest BCUT2D eigenvalue weighted by Gasteiger charge is 2.32. The fourth-order valence-corrected chi connectivity index (χ4v) is 3.58. The lowest BCUT2D eigenvalue weighted by atomic mass is 10.2. The van der Waals surface area contributed by atoms with Gasteiger partial charge in [-0.25, -0.2) is 8.42 Å². The van der Waals surface area contributed by atoms with Crippen LogP contribution >= 0.6 is 0 Å². The van der Waals surface area contributed by atoms with Gasteiger partial charge in [0.2, 0.25) is 10.0 Å². The van der Waals surface area contributed by atoms with Crippen LogP contribution in [0.4, 0.5) is 0 Å². The summed E-state index contributed by atoms with van der Waals surface area (Å²) in [5.74, 6) is 0. The third kappa shape index (κ3) is 2.50. The first-order valence-electron chi connectivity index (χ1n) is 5.54. The Labute approximate surface area is 101 Å². The van der Waals surface area contributed by atoms with Crippen molar-refractivity contribution in [2.45, 2.75) is 10.9 Å². The Morgan fingerprint density at radius 1 is 1.35 bits per heavy atom. The Balaban J connectivity index is 2.31. The normalized spacial score (nSPS) is 22.5. The number of hydrogen-bond acceptors (Lipinski definition) is 4. The summed E-state index contributed by atoms with van der Waals surface area (Å²) < 4.78 is 26.1. The number of aliphatic hydroxyl groups is 1. The second-order valence-electron chi connectivity index (χ2n) is 3.97. The maximum Gasteiger partial charge on any atom is 0.243 e. The molecule has 0 aromatic heterocycles. The van der Waals surface area contributed by atoms with Gasteiger partial charge in [0.15, 0.2) is 0 Å². The molecular weight excluding hydrogens is 240 g/mol. The fourth-order valence-electron chi connectivity index (χ4n) is 1.94. The molecule has 1 fully saturated rings. The van der Waals surface area contributed by atoms with E-state index in [1.165, 1.54) is 4.31 Å². The monoisotopic (exact) mass is 256 g/mol. The Kier molecular flexibility index (Phi) is 3.78. The number of sulfonamides is 1. The van der Waals surface area contributed by atoms with Crippen molar-refractivity contribution in [3.63, 3.8) is 0 Å². The van der Waals surface area contributed by atoms with Crippen molar-refractivity contribution < 1.29 is 13.5 Å². The van der Waals surface area contributed by atoms with Crippen LogP contribution in [0.3, 0.4) is 0 Å². The van der Waals surface area contributed by atoms with Crippen LogP contribution < -0.4 is 5.32 Å². The van der Waals surface area contributed by atoms with E-state index in [2.05, 4.69) is 5.32 Å². The quantitative estimate of drug-likeness (QED) is 0.775. The molecule has 2 N–H and O–H groups in total. The van der Waals surface area contributed by atoms with Crippen LogP contribution in [0.15, 0.2) is 35.2 Å². The molecule has 0 amide bonds. The van der Waals surface area contributed by atoms with Gasteiger partial charge in [-0.15, -0.1) is 0 Å². The number of nitrogens with zero attached hydrogens (tertiary/aromatic N) is 1. The van der Waals surface area contributed by atoms with Crippen LogP contribution in [0.25, 0.3) is 0 Å². The van der Waals surface area contributed by atoms with Gasteiger partial charge < -0.3 is 10.4 Å². The van der Waals surface area contributed by atoms with Crippen LogP contribution in [0.1, 0.15) is 0 Å². The third-order valence-electron chi connectivity index (χ3n) is 2.86. The van der Waals surface area contributed by atoms with Gasteiger partial charge in [0, 0.05) is 19.6 Å². The molecule has 94 valence electrons. The first-order valence-corrected chi connectivity index (χ1v) is 6.99. The van der Waals surface area contributed by atoms with Crippen molar-refractivity contribution in [1.29, 1.82) is 0 Å². The number of piperazine rings is 1. The first kappa shape index (κ1) is 12.5. The highest BCUT2D eigenvalue weighted by Crippen LogP contribution is 2.18. The molecule has 6 heteroatoms. The second-order valence-corrected chi connectivity index (χ2v) is 5.86. The average Bonchev–Trinajstić information content (AvgIpc) is 2.39. The molecule has 1 unspecified atom stereocenters. The van der Waals surface area contributed by atoms with E-state index in [0.29, 0.717) is 19.6 Å². The molecule has 5 nitrogen and oxygen atoms in total. The van der Waals surface area contributed by atoms with Gasteiger partial charge in [-0.1, -0.05) is 18.2 Å². The van der Waals surface area contributed by atoms with Crippen LogP contribution in [0, 0.1) is 0 Å². The average molecular weight is 256 g/mol. The lowest BCUT2D eigenvalue weighted by Crippen LogP contribution is -2.54. The summed E-state index contributed by atoms with van der Waals surface area (Å²) in [5, 5.41) is 12.3. The van der Waals surface area contributed by atoms with Crippen molar-refractivity contribution in [3.8, 4) is 0 Å². The molecule has 1 aliphatic heterocycles. The Bertz CT molecular complexity index is 461. The first-order chi connectivity index (χ1) is 8.16. The number of nitrogens with one attached hydrogen (secondary N) is 1. The van der Waals surface area contributed by atoms with Crippen molar-refractivity contribution >= 4 is 10.0 Å². The summed E-state index contributed by atoms with van der Waals surface area (Å²) in [6.45, 7) is 1.33. The van der Waals surface area contributed by atoms with Crippen molar-refractivity contribution in [1.82, 2.24) is 9.62 Å². The zero-order chi connectivity index (χ0) is 12.3. The molecule has 0 saturated carbocycles. The molecule has 0 spiro atoms. The molecule has 1 saturated heterocycles. The molecule has 1 heterocycles. The van der Waals surface area contributed by atoms with Gasteiger partial charge in [-0.3, -0.25) is 0 Å². The molecular formula is C11H16N2O3S. The van der Waals surface area contributed by atoms with E-state index in [9.17, 15) is 13.5 Å². The largest absolute Gasteiger partial charge is 0.395 e. The predicted octanol–water partition coefficient (Wildman–Crippen LogP) is -0.359. The maximum atomic E-state index is 12.3. The van der Waals surface area contributed by atoms with Gasteiger partial charge in [0.25, 0.3) is 0 Å². The number of aliphatic hydroxyl groups excluding tert-OH is 1. The van der Waals surface area contributed by atoms with Crippen molar-refractivity contribution in [2.75, 3.05) is 26.2 Å². The second kappa shape index (κ2) is 5.14. The lowest BCUT2D eigenvalue weighted by molar-refractivity contribution is 0.165. The van der Waals surface area contributed by atoms with Crippen LogP contribution in [0.2, 0.25) is 0 Å². The molecule has 0 bridgehead atoms. The molecule has 1 aliphatic rings. The van der Waals surface area contributed by atoms with E-state index >= 15 is 0 Å². The minimum absolute atomic E-state index is 0.168. The van der Waals surface area contributed by atoms with E-state index in [1.54, 1.807) is 30.3 Å². The summed E-state index contributed by atoms with van der Waals surface area (Å²) in [7, 11) is -3.49. The van der Waals surface area contributed by atoms with Gasteiger partial charge in [-0.2, -0.15) is 4.31 Å². The summed E-state index contributed by atoms with van der Waals surface area (Å²) in [4.78, 5) is 0.278. The van der Waals surface area contributed by atoms with E-state index in [-0.39, 0.29) is 17.5 Å². The molecule has 1 aromatic carbocycles.